The number of benzene rings is 3. The number of carboxylic acid groups (broad SMARTS) is 1. The Bertz CT molecular complexity index is 871. The summed E-state index contributed by atoms with van der Waals surface area (Å²) in [5.41, 5.74) is 2.59. The van der Waals surface area contributed by atoms with Crippen molar-refractivity contribution >= 4 is 5.97 Å². The zero-order valence-electron chi connectivity index (χ0n) is 18.2. The summed E-state index contributed by atoms with van der Waals surface area (Å²) in [5, 5.41) is 17.9. The third-order valence-corrected chi connectivity index (χ3v) is 4.84. The van der Waals surface area contributed by atoms with Gasteiger partial charge in [-0.3, -0.25) is 0 Å². The summed E-state index contributed by atoms with van der Waals surface area (Å²) in [4.78, 5) is 10.7. The van der Waals surface area contributed by atoms with Gasteiger partial charge in [0.25, 0.3) is 0 Å². The third-order valence-electron chi connectivity index (χ3n) is 4.84. The normalized spacial score (nSPS) is 10.1. The van der Waals surface area contributed by atoms with Gasteiger partial charge in [0.1, 0.15) is 11.5 Å². The van der Waals surface area contributed by atoms with Gasteiger partial charge in [-0.1, -0.05) is 81.5 Å². The van der Waals surface area contributed by atoms with Crippen molar-refractivity contribution in [1.82, 2.24) is 0 Å². The number of hydrogen-bond acceptors (Lipinski definition) is 3. The van der Waals surface area contributed by atoms with Gasteiger partial charge in [-0.05, 0) is 53.9 Å². The van der Waals surface area contributed by atoms with E-state index in [2.05, 4.69) is 6.92 Å². The zero-order valence-corrected chi connectivity index (χ0v) is 18.2. The Morgan fingerprint density at radius 1 is 0.742 bits per heavy atom. The Balaban J connectivity index is 0.000000231. The van der Waals surface area contributed by atoms with Crippen molar-refractivity contribution in [3.63, 3.8) is 0 Å². The van der Waals surface area contributed by atoms with Crippen LogP contribution in [0.2, 0.25) is 0 Å². The second-order valence-corrected chi connectivity index (χ2v) is 7.36. The van der Waals surface area contributed by atoms with Crippen molar-refractivity contribution in [3.05, 3.63) is 84.4 Å². The fourth-order valence-electron chi connectivity index (χ4n) is 3.05. The maximum Gasteiger partial charge on any atom is 0.335 e. The number of carbonyl (C=O) groups is 1. The molecule has 0 saturated carbocycles. The molecular formula is C27H32O4. The highest BCUT2D eigenvalue weighted by atomic mass is 16.5. The lowest BCUT2D eigenvalue weighted by Gasteiger charge is -2.06. The van der Waals surface area contributed by atoms with Crippen LogP contribution in [0.4, 0.5) is 0 Å². The molecular weight excluding hydrogens is 388 g/mol. The predicted molar refractivity (Wildman–Crippen MR) is 126 cm³/mol. The van der Waals surface area contributed by atoms with Gasteiger partial charge >= 0.3 is 5.97 Å². The van der Waals surface area contributed by atoms with E-state index in [1.807, 2.05) is 42.5 Å². The minimum atomic E-state index is -0.905. The smallest absolute Gasteiger partial charge is 0.335 e. The molecule has 4 nitrogen and oxygen atoms in total. The van der Waals surface area contributed by atoms with E-state index >= 15 is 0 Å². The van der Waals surface area contributed by atoms with Crippen molar-refractivity contribution in [2.24, 2.45) is 0 Å². The fraction of sp³-hybridized carbons (Fsp3) is 0.296. The highest BCUT2D eigenvalue weighted by Gasteiger charge is 2.01. The zero-order chi connectivity index (χ0) is 22.3. The number of aromatic hydroxyl groups is 1. The highest BCUT2D eigenvalue weighted by Crippen LogP contribution is 2.21. The van der Waals surface area contributed by atoms with E-state index in [0.717, 1.165) is 17.7 Å². The molecule has 0 bridgehead atoms. The summed E-state index contributed by atoms with van der Waals surface area (Å²) >= 11 is 0. The Labute approximate surface area is 185 Å². The molecule has 4 heteroatoms. The fourth-order valence-corrected chi connectivity index (χ4v) is 3.05. The van der Waals surface area contributed by atoms with Gasteiger partial charge in [0.05, 0.1) is 12.2 Å². The van der Waals surface area contributed by atoms with Crippen LogP contribution in [0.3, 0.4) is 0 Å². The molecule has 0 atom stereocenters. The van der Waals surface area contributed by atoms with E-state index in [0.29, 0.717) is 17.9 Å². The van der Waals surface area contributed by atoms with Gasteiger partial charge in [-0.25, -0.2) is 4.79 Å². The summed E-state index contributed by atoms with van der Waals surface area (Å²) in [5.74, 6) is 0.144. The lowest BCUT2D eigenvalue weighted by molar-refractivity contribution is 0.0697. The van der Waals surface area contributed by atoms with Crippen LogP contribution in [0.5, 0.6) is 11.5 Å². The van der Waals surface area contributed by atoms with Crippen LogP contribution in [-0.4, -0.2) is 22.8 Å². The van der Waals surface area contributed by atoms with E-state index in [4.69, 9.17) is 14.9 Å². The van der Waals surface area contributed by atoms with Gasteiger partial charge in [0.15, 0.2) is 0 Å². The molecule has 2 N–H and O–H groups in total. The van der Waals surface area contributed by atoms with Gasteiger partial charge in [-0.2, -0.15) is 0 Å². The molecule has 3 aromatic rings. The molecule has 3 aromatic carbocycles. The van der Waals surface area contributed by atoms with Crippen molar-refractivity contribution in [3.8, 4) is 22.6 Å². The van der Waals surface area contributed by atoms with Crippen molar-refractivity contribution < 1.29 is 19.7 Å². The molecule has 0 fully saturated rings. The van der Waals surface area contributed by atoms with E-state index in [1.54, 1.807) is 36.4 Å². The Hall–Kier alpha value is -3.27. The van der Waals surface area contributed by atoms with Crippen LogP contribution in [0, 0.1) is 0 Å². The van der Waals surface area contributed by atoms with Crippen molar-refractivity contribution in [1.29, 1.82) is 0 Å². The molecule has 31 heavy (non-hydrogen) atoms. The second-order valence-electron chi connectivity index (χ2n) is 7.36. The third kappa shape index (κ3) is 9.39. The summed E-state index contributed by atoms with van der Waals surface area (Å²) < 4.78 is 5.55. The molecule has 0 aliphatic heterocycles. The summed E-state index contributed by atoms with van der Waals surface area (Å²) in [6, 6.07) is 23.9. The highest BCUT2D eigenvalue weighted by molar-refractivity contribution is 5.87. The van der Waals surface area contributed by atoms with Crippen molar-refractivity contribution in [2.75, 3.05) is 6.61 Å². The number of ether oxygens (including phenoxy) is 1. The number of carboxylic acids is 1. The number of hydrogen-bond donors (Lipinski definition) is 2. The molecule has 3 rings (SSSR count). The number of aromatic carboxylic acids is 1. The van der Waals surface area contributed by atoms with Crippen LogP contribution in [0.1, 0.15) is 55.8 Å². The topological polar surface area (TPSA) is 66.8 Å². The largest absolute Gasteiger partial charge is 0.508 e. The predicted octanol–water partition coefficient (Wildman–Crippen LogP) is 7.18. The molecule has 0 saturated heterocycles. The molecule has 0 unspecified atom stereocenters. The van der Waals surface area contributed by atoms with Gasteiger partial charge < -0.3 is 14.9 Å². The monoisotopic (exact) mass is 420 g/mol. The molecule has 0 heterocycles. The first-order valence-electron chi connectivity index (χ1n) is 10.9. The first-order valence-corrected chi connectivity index (χ1v) is 10.9. The van der Waals surface area contributed by atoms with Crippen molar-refractivity contribution in [2.45, 2.75) is 45.4 Å². The SMILES string of the molecule is CCCCCCCCOc1ccc(C(=O)O)cc1.Oc1ccc(-c2ccccc2)cc1. The van der Waals surface area contributed by atoms with Gasteiger partial charge in [-0.15, -0.1) is 0 Å². The first kappa shape index (κ1) is 24.0. The lowest BCUT2D eigenvalue weighted by Crippen LogP contribution is -1.99. The second kappa shape index (κ2) is 13.9. The maximum atomic E-state index is 10.7. The Morgan fingerprint density at radius 2 is 1.32 bits per heavy atom. The molecule has 0 aliphatic carbocycles. The molecule has 0 aliphatic rings. The van der Waals surface area contributed by atoms with Crippen LogP contribution < -0.4 is 4.74 Å². The van der Waals surface area contributed by atoms with Crippen LogP contribution >= 0.6 is 0 Å². The van der Waals surface area contributed by atoms with E-state index in [-0.39, 0.29) is 0 Å². The van der Waals surface area contributed by atoms with E-state index < -0.39 is 5.97 Å². The summed E-state index contributed by atoms with van der Waals surface area (Å²) in [7, 11) is 0. The standard InChI is InChI=1S/C15H22O3.C12H10O/c1-2-3-4-5-6-7-12-18-14-10-8-13(9-11-14)15(16)17;13-12-8-6-11(7-9-12)10-4-2-1-3-5-10/h8-11H,2-7,12H2,1H3,(H,16,17);1-9,13H. The summed E-state index contributed by atoms with van der Waals surface area (Å²) in [6.07, 6.45) is 7.43. The molecule has 0 aromatic heterocycles. The maximum absolute atomic E-state index is 10.7. The van der Waals surface area contributed by atoms with Gasteiger partial charge in [0.2, 0.25) is 0 Å². The Morgan fingerprint density at radius 3 is 1.94 bits per heavy atom. The van der Waals surface area contributed by atoms with E-state index in [9.17, 15) is 4.79 Å². The first-order chi connectivity index (χ1) is 15.1. The minimum absolute atomic E-state index is 0.293. The van der Waals surface area contributed by atoms with Crippen LogP contribution in [-0.2, 0) is 0 Å². The molecule has 0 spiro atoms. The minimum Gasteiger partial charge on any atom is -0.508 e. The Kier molecular flexibility index (Phi) is 10.7. The van der Waals surface area contributed by atoms with E-state index in [1.165, 1.54) is 37.7 Å². The van der Waals surface area contributed by atoms with Crippen LogP contribution in [0.15, 0.2) is 78.9 Å². The quantitative estimate of drug-likeness (QED) is 0.341. The average Bonchev–Trinajstić information content (AvgIpc) is 2.80. The molecule has 164 valence electrons. The molecule has 0 amide bonds. The number of phenolic OH excluding ortho intramolecular Hbond substituents is 1. The molecule has 0 radical (unpaired) electrons. The number of phenols is 1. The summed E-state index contributed by atoms with van der Waals surface area (Å²) in [6.45, 7) is 2.92. The number of rotatable bonds is 10. The number of unbranched alkanes of at least 4 members (excludes halogenated alkanes) is 5. The average molecular weight is 421 g/mol. The van der Waals surface area contributed by atoms with Crippen LogP contribution in [0.25, 0.3) is 11.1 Å². The lowest BCUT2D eigenvalue weighted by atomic mass is 10.1. The van der Waals surface area contributed by atoms with Gasteiger partial charge in [0, 0.05) is 0 Å².